The quantitative estimate of drug-likeness (QED) is 0.535. The van der Waals surface area contributed by atoms with Crippen molar-refractivity contribution in [2.75, 3.05) is 24.7 Å². The first-order chi connectivity index (χ1) is 14.8. The van der Waals surface area contributed by atoms with Crippen LogP contribution in [0, 0.1) is 0 Å². The fourth-order valence-electron chi connectivity index (χ4n) is 3.07. The lowest BCUT2D eigenvalue weighted by molar-refractivity contribution is 0.276. The molecule has 8 nitrogen and oxygen atoms in total. The SMILES string of the molecule is CC(C)(C)[Si](C)(C)OCc1ncc(-c2nc(NC3CCN(S(C)(=O)=O)CC3)ncc2Cl)s1. The Morgan fingerprint density at radius 3 is 2.50 bits per heavy atom. The van der Waals surface area contributed by atoms with E-state index in [0.717, 1.165) is 9.88 Å². The fraction of sp³-hybridized carbons (Fsp3) is 0.650. The minimum atomic E-state index is -3.15. The van der Waals surface area contributed by atoms with Gasteiger partial charge in [0.1, 0.15) is 10.7 Å². The number of thiazole rings is 1. The van der Waals surface area contributed by atoms with Crippen molar-refractivity contribution >= 4 is 47.2 Å². The smallest absolute Gasteiger partial charge is 0.223 e. The zero-order valence-corrected chi connectivity index (χ0v) is 22.9. The summed E-state index contributed by atoms with van der Waals surface area (Å²) in [6.45, 7) is 12.6. The van der Waals surface area contributed by atoms with Gasteiger partial charge in [-0.1, -0.05) is 32.4 Å². The minimum absolute atomic E-state index is 0.108. The Hall–Kier alpha value is -1.11. The number of hydrogen-bond acceptors (Lipinski definition) is 8. The predicted molar refractivity (Wildman–Crippen MR) is 133 cm³/mol. The molecule has 0 amide bonds. The Bertz CT molecular complexity index is 1050. The predicted octanol–water partition coefficient (Wildman–Crippen LogP) is 4.61. The van der Waals surface area contributed by atoms with E-state index < -0.39 is 18.3 Å². The summed E-state index contributed by atoms with van der Waals surface area (Å²) < 4.78 is 31.2. The normalized spacial score (nSPS) is 17.0. The van der Waals surface area contributed by atoms with Crippen molar-refractivity contribution in [2.45, 2.75) is 64.4 Å². The van der Waals surface area contributed by atoms with Crippen molar-refractivity contribution in [1.29, 1.82) is 0 Å². The van der Waals surface area contributed by atoms with Crippen LogP contribution in [0.2, 0.25) is 23.2 Å². The van der Waals surface area contributed by atoms with Gasteiger partial charge in [0.05, 0.1) is 29.0 Å². The van der Waals surface area contributed by atoms with Crippen molar-refractivity contribution in [2.24, 2.45) is 0 Å². The van der Waals surface area contributed by atoms with Crippen LogP contribution in [0.25, 0.3) is 10.6 Å². The molecule has 0 unspecified atom stereocenters. The lowest BCUT2D eigenvalue weighted by atomic mass is 10.1. The van der Waals surface area contributed by atoms with Gasteiger partial charge in [0.25, 0.3) is 0 Å². The zero-order chi connectivity index (χ0) is 23.7. The summed E-state index contributed by atoms with van der Waals surface area (Å²) in [5.74, 6) is 0.481. The summed E-state index contributed by atoms with van der Waals surface area (Å²) in [4.78, 5) is 14.3. The second-order valence-corrected chi connectivity index (χ2v) is 18.0. The first kappa shape index (κ1) is 25.5. The highest BCUT2D eigenvalue weighted by Crippen LogP contribution is 2.38. The number of nitrogens with zero attached hydrogens (tertiary/aromatic N) is 4. The van der Waals surface area contributed by atoms with Crippen LogP contribution in [0.3, 0.4) is 0 Å². The van der Waals surface area contributed by atoms with E-state index in [1.54, 1.807) is 12.4 Å². The highest BCUT2D eigenvalue weighted by molar-refractivity contribution is 7.88. The summed E-state index contributed by atoms with van der Waals surface area (Å²) in [7, 11) is -5.00. The molecule has 0 aromatic carbocycles. The summed E-state index contributed by atoms with van der Waals surface area (Å²) >= 11 is 7.91. The van der Waals surface area contributed by atoms with Gasteiger partial charge in [-0.3, -0.25) is 0 Å². The molecule has 0 aliphatic carbocycles. The van der Waals surface area contributed by atoms with E-state index in [0.29, 0.717) is 49.2 Å². The maximum absolute atomic E-state index is 11.7. The maximum Gasteiger partial charge on any atom is 0.223 e. The van der Waals surface area contributed by atoms with Crippen molar-refractivity contribution in [3.63, 3.8) is 0 Å². The highest BCUT2D eigenvalue weighted by atomic mass is 35.5. The number of nitrogens with one attached hydrogen (secondary N) is 1. The molecule has 32 heavy (non-hydrogen) atoms. The van der Waals surface area contributed by atoms with Crippen LogP contribution < -0.4 is 5.32 Å². The molecule has 1 fully saturated rings. The van der Waals surface area contributed by atoms with Crippen LogP contribution in [0.5, 0.6) is 0 Å². The molecule has 1 aliphatic rings. The van der Waals surface area contributed by atoms with Crippen LogP contribution in [0.15, 0.2) is 12.4 Å². The van der Waals surface area contributed by atoms with Crippen molar-refractivity contribution in [1.82, 2.24) is 19.3 Å². The first-order valence-electron chi connectivity index (χ1n) is 10.6. The van der Waals surface area contributed by atoms with E-state index >= 15 is 0 Å². The Balaban J connectivity index is 1.67. The Labute approximate surface area is 201 Å². The average Bonchev–Trinajstić information content (AvgIpc) is 3.16. The van der Waals surface area contributed by atoms with Crippen LogP contribution >= 0.6 is 22.9 Å². The van der Waals surface area contributed by atoms with Gasteiger partial charge in [-0.25, -0.2) is 27.7 Å². The summed E-state index contributed by atoms with van der Waals surface area (Å²) in [6.07, 6.45) is 6.00. The Kier molecular flexibility index (Phi) is 7.68. The Morgan fingerprint density at radius 2 is 1.91 bits per heavy atom. The summed E-state index contributed by atoms with van der Waals surface area (Å²) in [5, 5.41) is 4.81. The molecule has 2 aromatic rings. The monoisotopic (exact) mass is 517 g/mol. The molecule has 178 valence electrons. The molecule has 0 saturated carbocycles. The van der Waals surface area contributed by atoms with Gasteiger partial charge in [0.15, 0.2) is 8.32 Å². The number of hydrogen-bond donors (Lipinski definition) is 1. The number of rotatable bonds is 7. The van der Waals surface area contributed by atoms with Crippen LogP contribution in [-0.2, 0) is 21.1 Å². The molecule has 0 atom stereocenters. The highest BCUT2D eigenvalue weighted by Gasteiger charge is 2.37. The number of aromatic nitrogens is 3. The molecule has 2 aromatic heterocycles. The zero-order valence-electron chi connectivity index (χ0n) is 19.5. The van der Waals surface area contributed by atoms with Crippen molar-refractivity contribution < 1.29 is 12.8 Å². The van der Waals surface area contributed by atoms with E-state index in [-0.39, 0.29) is 11.1 Å². The first-order valence-corrected chi connectivity index (χ1v) is 16.5. The van der Waals surface area contributed by atoms with E-state index in [2.05, 4.69) is 54.1 Å². The van der Waals surface area contributed by atoms with Gasteiger partial charge in [-0.15, -0.1) is 11.3 Å². The van der Waals surface area contributed by atoms with Gasteiger partial charge >= 0.3 is 0 Å². The van der Waals surface area contributed by atoms with Crippen LogP contribution in [-0.4, -0.2) is 61.4 Å². The lowest BCUT2D eigenvalue weighted by Gasteiger charge is -2.35. The number of anilines is 1. The number of halogens is 1. The number of sulfonamides is 1. The van der Waals surface area contributed by atoms with E-state index in [4.69, 9.17) is 16.0 Å². The molecule has 0 bridgehead atoms. The van der Waals surface area contributed by atoms with Gasteiger partial charge in [0.2, 0.25) is 16.0 Å². The molecule has 1 saturated heterocycles. The van der Waals surface area contributed by atoms with Crippen molar-refractivity contribution in [3.8, 4) is 10.6 Å². The molecular weight excluding hydrogens is 486 g/mol. The van der Waals surface area contributed by atoms with E-state index in [1.165, 1.54) is 21.9 Å². The van der Waals surface area contributed by atoms with Crippen LogP contribution in [0.1, 0.15) is 38.6 Å². The van der Waals surface area contributed by atoms with Crippen molar-refractivity contribution in [3.05, 3.63) is 22.4 Å². The van der Waals surface area contributed by atoms with E-state index in [1.807, 2.05) is 0 Å². The molecular formula is C20H32ClN5O3S2Si. The lowest BCUT2D eigenvalue weighted by Crippen LogP contribution is -2.42. The third-order valence-corrected chi connectivity index (χ3v) is 13.2. The average molecular weight is 518 g/mol. The molecule has 0 radical (unpaired) electrons. The van der Waals surface area contributed by atoms with Gasteiger partial charge in [0, 0.05) is 25.3 Å². The van der Waals surface area contributed by atoms with Crippen LogP contribution in [0.4, 0.5) is 5.95 Å². The maximum atomic E-state index is 11.7. The molecule has 3 rings (SSSR count). The Morgan fingerprint density at radius 1 is 1.25 bits per heavy atom. The topological polar surface area (TPSA) is 97.3 Å². The second-order valence-electron chi connectivity index (χ2n) is 9.64. The third kappa shape index (κ3) is 6.26. The third-order valence-electron chi connectivity index (χ3n) is 6.15. The standard InChI is InChI=1S/C20H32ClN5O3S2Si/c1-20(2,3)32(5,6)29-13-17-22-12-16(30-17)18-15(21)11-23-19(25-18)24-14-7-9-26(10-8-14)31(4,27)28/h11-12,14H,7-10,13H2,1-6H3,(H,23,24,25). The number of piperidine rings is 1. The minimum Gasteiger partial charge on any atom is -0.410 e. The second kappa shape index (κ2) is 9.63. The largest absolute Gasteiger partial charge is 0.410 e. The molecule has 1 aliphatic heterocycles. The molecule has 3 heterocycles. The summed E-state index contributed by atoms with van der Waals surface area (Å²) in [6, 6.07) is 0.108. The fourth-order valence-corrected chi connectivity index (χ4v) is 6.06. The van der Waals surface area contributed by atoms with Gasteiger partial charge < -0.3 is 9.74 Å². The molecule has 12 heteroatoms. The molecule has 1 N–H and O–H groups in total. The van der Waals surface area contributed by atoms with E-state index in [9.17, 15) is 8.42 Å². The summed E-state index contributed by atoms with van der Waals surface area (Å²) in [5.41, 5.74) is 0.633. The molecule has 0 spiro atoms. The van der Waals surface area contributed by atoms with Gasteiger partial charge in [-0.2, -0.15) is 0 Å². The van der Waals surface area contributed by atoms with Gasteiger partial charge in [-0.05, 0) is 31.0 Å².